The van der Waals surface area contributed by atoms with Gasteiger partial charge in [0.05, 0.1) is 11.8 Å². The van der Waals surface area contributed by atoms with Crippen molar-refractivity contribution in [2.24, 2.45) is 0 Å². The Hall–Kier alpha value is -3.33. The molecular formula is C21H20FN5O2S. The number of rotatable bonds is 7. The van der Waals surface area contributed by atoms with Crippen molar-refractivity contribution in [1.82, 2.24) is 25.5 Å². The summed E-state index contributed by atoms with van der Waals surface area (Å²) < 4.78 is 20.4. The number of nitrogens with zero attached hydrogens (tertiary/aromatic N) is 4. The third-order valence-corrected chi connectivity index (χ3v) is 6.23. The maximum Gasteiger partial charge on any atom is 0.254 e. The number of benzene rings is 1. The summed E-state index contributed by atoms with van der Waals surface area (Å²) in [7, 11) is 0. The molecule has 3 aromatic heterocycles. The summed E-state index contributed by atoms with van der Waals surface area (Å²) in [6, 6.07) is 10.1. The summed E-state index contributed by atoms with van der Waals surface area (Å²) in [6.45, 7) is 4.30. The fraction of sp³-hybridized carbons (Fsp3) is 0.238. The van der Waals surface area contributed by atoms with Gasteiger partial charge in [0.2, 0.25) is 0 Å². The number of aromatic nitrogens is 4. The molecule has 3 heterocycles. The molecule has 30 heavy (non-hydrogen) atoms. The molecule has 0 aliphatic heterocycles. The highest BCUT2D eigenvalue weighted by Gasteiger charge is 2.22. The Labute approximate surface area is 176 Å². The van der Waals surface area contributed by atoms with E-state index in [-0.39, 0.29) is 17.6 Å². The summed E-state index contributed by atoms with van der Waals surface area (Å²) >= 11 is 1.47. The van der Waals surface area contributed by atoms with Crippen molar-refractivity contribution in [3.63, 3.8) is 0 Å². The lowest BCUT2D eigenvalue weighted by Crippen LogP contribution is -2.27. The highest BCUT2D eigenvalue weighted by atomic mass is 32.1. The van der Waals surface area contributed by atoms with Crippen LogP contribution in [0.4, 0.5) is 4.39 Å². The summed E-state index contributed by atoms with van der Waals surface area (Å²) in [5.41, 5.74) is 2.41. The van der Waals surface area contributed by atoms with Crippen molar-refractivity contribution in [3.8, 4) is 5.00 Å². The lowest BCUT2D eigenvalue weighted by Gasteiger charge is -2.16. The molecule has 9 heteroatoms. The quantitative estimate of drug-likeness (QED) is 0.483. The van der Waals surface area contributed by atoms with Crippen LogP contribution >= 0.6 is 11.3 Å². The summed E-state index contributed by atoms with van der Waals surface area (Å²) in [5.74, 6) is 0.210. The van der Waals surface area contributed by atoms with E-state index in [0.29, 0.717) is 23.5 Å². The summed E-state index contributed by atoms with van der Waals surface area (Å²) in [6.07, 6.45) is 3.69. The minimum absolute atomic E-state index is 0.0924. The fourth-order valence-corrected chi connectivity index (χ4v) is 4.44. The van der Waals surface area contributed by atoms with Crippen molar-refractivity contribution >= 4 is 17.2 Å². The van der Waals surface area contributed by atoms with Gasteiger partial charge >= 0.3 is 0 Å². The third kappa shape index (κ3) is 4.02. The van der Waals surface area contributed by atoms with E-state index in [4.69, 9.17) is 4.42 Å². The maximum absolute atomic E-state index is 13.3. The molecule has 0 saturated heterocycles. The Morgan fingerprint density at radius 1 is 1.27 bits per heavy atom. The number of amides is 1. The van der Waals surface area contributed by atoms with Crippen LogP contribution < -0.4 is 5.32 Å². The van der Waals surface area contributed by atoms with Crippen LogP contribution in [0.1, 0.15) is 44.5 Å². The van der Waals surface area contributed by atoms with E-state index >= 15 is 0 Å². The topological polar surface area (TPSA) is 85.8 Å². The monoisotopic (exact) mass is 425 g/mol. The van der Waals surface area contributed by atoms with Gasteiger partial charge in [-0.2, -0.15) is 4.68 Å². The molecular weight excluding hydrogens is 405 g/mol. The molecule has 1 amide bonds. The number of nitrogens with one attached hydrogen (secondary N) is 1. The normalized spacial score (nSPS) is 12.1. The maximum atomic E-state index is 13.3. The molecule has 0 aliphatic rings. The summed E-state index contributed by atoms with van der Waals surface area (Å²) in [5, 5.41) is 14.9. The second kappa shape index (κ2) is 8.58. The van der Waals surface area contributed by atoms with Gasteiger partial charge in [-0.15, -0.1) is 16.4 Å². The predicted octanol–water partition coefficient (Wildman–Crippen LogP) is 4.02. The molecule has 0 unspecified atom stereocenters. The molecule has 0 radical (unpaired) electrons. The van der Waals surface area contributed by atoms with Crippen LogP contribution in [0.5, 0.6) is 0 Å². The van der Waals surface area contributed by atoms with E-state index in [0.717, 1.165) is 21.8 Å². The van der Waals surface area contributed by atoms with E-state index in [9.17, 15) is 9.18 Å². The van der Waals surface area contributed by atoms with Crippen LogP contribution in [-0.2, 0) is 0 Å². The van der Waals surface area contributed by atoms with Crippen molar-refractivity contribution in [1.29, 1.82) is 0 Å². The molecule has 0 spiro atoms. The molecule has 4 aromatic rings. The van der Waals surface area contributed by atoms with Gasteiger partial charge in [0.25, 0.3) is 5.91 Å². The lowest BCUT2D eigenvalue weighted by atomic mass is 9.93. The van der Waals surface area contributed by atoms with Gasteiger partial charge < -0.3 is 9.73 Å². The van der Waals surface area contributed by atoms with Crippen LogP contribution in [0.2, 0.25) is 0 Å². The van der Waals surface area contributed by atoms with Gasteiger partial charge in [0.15, 0.2) is 0 Å². The third-order valence-electron chi connectivity index (χ3n) is 5.03. The second-order valence-corrected chi connectivity index (χ2v) is 8.09. The highest BCUT2D eigenvalue weighted by molar-refractivity contribution is 7.15. The Balaban J connectivity index is 1.50. The highest BCUT2D eigenvalue weighted by Crippen LogP contribution is 2.31. The largest absolute Gasteiger partial charge is 0.469 e. The smallest absolute Gasteiger partial charge is 0.254 e. The van der Waals surface area contributed by atoms with Crippen LogP contribution in [0.15, 0.2) is 53.4 Å². The van der Waals surface area contributed by atoms with E-state index in [1.807, 2.05) is 26.0 Å². The standard InChI is InChI=1S/C21H20FN5O2S/c1-13-14(2)30-21(27-12-24-25-26-27)19(13)20(28)23-10-9-17(18-4-3-11-29-18)15-5-7-16(22)8-6-15/h3-8,11-12,17H,9-10H2,1-2H3,(H,23,28)/t17-/m0/s1. The van der Waals surface area contributed by atoms with Crippen molar-refractivity contribution < 1.29 is 13.6 Å². The average molecular weight is 425 g/mol. The van der Waals surface area contributed by atoms with E-state index in [2.05, 4.69) is 20.8 Å². The number of halogens is 1. The summed E-state index contributed by atoms with van der Waals surface area (Å²) in [4.78, 5) is 14.0. The molecule has 7 nitrogen and oxygen atoms in total. The molecule has 1 aromatic carbocycles. The molecule has 0 fully saturated rings. The molecule has 1 N–H and O–H groups in total. The SMILES string of the molecule is Cc1sc(-n2cnnn2)c(C(=O)NCC[C@@H](c2ccc(F)cc2)c2ccco2)c1C. The predicted molar refractivity (Wildman–Crippen MR) is 110 cm³/mol. The number of carbonyl (C=O) groups is 1. The molecule has 0 bridgehead atoms. The van der Waals surface area contributed by atoms with E-state index < -0.39 is 0 Å². The first kappa shape index (κ1) is 20.0. The Morgan fingerprint density at radius 2 is 2.07 bits per heavy atom. The Kier molecular flexibility index (Phi) is 5.71. The van der Waals surface area contributed by atoms with Crippen LogP contribution in [0.25, 0.3) is 5.00 Å². The second-order valence-electron chi connectivity index (χ2n) is 6.88. The molecule has 0 aliphatic carbocycles. The van der Waals surface area contributed by atoms with Crippen molar-refractivity contribution in [2.75, 3.05) is 6.54 Å². The zero-order chi connectivity index (χ0) is 21.1. The molecule has 154 valence electrons. The lowest BCUT2D eigenvalue weighted by molar-refractivity contribution is 0.0952. The number of tetrazole rings is 1. The number of thiophene rings is 1. The molecule has 1 atom stereocenters. The van der Waals surface area contributed by atoms with Gasteiger partial charge in [0, 0.05) is 17.3 Å². The van der Waals surface area contributed by atoms with Crippen LogP contribution in [0.3, 0.4) is 0 Å². The first-order chi connectivity index (χ1) is 14.5. The zero-order valence-corrected chi connectivity index (χ0v) is 17.3. The number of hydrogen-bond donors (Lipinski definition) is 1. The van der Waals surface area contributed by atoms with E-state index in [1.54, 1.807) is 18.4 Å². The van der Waals surface area contributed by atoms with Crippen molar-refractivity contribution in [3.05, 3.63) is 82.1 Å². The minimum Gasteiger partial charge on any atom is -0.469 e. The first-order valence-corrected chi connectivity index (χ1v) is 10.3. The van der Waals surface area contributed by atoms with Crippen LogP contribution in [0, 0.1) is 19.7 Å². The minimum atomic E-state index is -0.288. The Bertz CT molecular complexity index is 1120. The first-order valence-electron chi connectivity index (χ1n) is 9.45. The van der Waals surface area contributed by atoms with Gasteiger partial charge in [-0.3, -0.25) is 4.79 Å². The number of aryl methyl sites for hydroxylation is 1. The van der Waals surface area contributed by atoms with E-state index in [1.165, 1.54) is 34.5 Å². The molecule has 4 rings (SSSR count). The fourth-order valence-electron chi connectivity index (χ4n) is 3.37. The van der Waals surface area contributed by atoms with Crippen molar-refractivity contribution in [2.45, 2.75) is 26.2 Å². The number of carbonyl (C=O) groups excluding carboxylic acids is 1. The molecule has 0 saturated carbocycles. The zero-order valence-electron chi connectivity index (χ0n) is 16.5. The number of hydrogen-bond acceptors (Lipinski definition) is 6. The number of furan rings is 1. The Morgan fingerprint density at radius 3 is 2.73 bits per heavy atom. The average Bonchev–Trinajstić information content (AvgIpc) is 3.49. The van der Waals surface area contributed by atoms with Gasteiger partial charge in [-0.05, 0) is 66.1 Å². The van der Waals surface area contributed by atoms with Gasteiger partial charge in [-0.25, -0.2) is 4.39 Å². The van der Waals surface area contributed by atoms with Crippen LogP contribution in [-0.4, -0.2) is 32.7 Å². The van der Waals surface area contributed by atoms with Gasteiger partial charge in [-0.1, -0.05) is 12.1 Å². The van der Waals surface area contributed by atoms with Gasteiger partial charge in [0.1, 0.15) is 22.9 Å².